The average Bonchev–Trinajstić information content (AvgIpc) is 2.82. The van der Waals surface area contributed by atoms with E-state index < -0.39 is 17.2 Å². The molecule has 0 radical (unpaired) electrons. The van der Waals surface area contributed by atoms with Gasteiger partial charge in [0.1, 0.15) is 5.60 Å². The number of para-hydroxylation sites is 1. The van der Waals surface area contributed by atoms with Gasteiger partial charge in [-0.05, 0) is 64.2 Å². The number of hydrogen-bond acceptors (Lipinski definition) is 5. The Kier molecular flexibility index (Phi) is 9.16. The minimum Gasteiger partial charge on any atom is -0.444 e. The lowest BCUT2D eigenvalue weighted by molar-refractivity contribution is -0.118. The van der Waals surface area contributed by atoms with E-state index in [4.69, 9.17) is 16.3 Å². The number of rotatable bonds is 8. The van der Waals surface area contributed by atoms with Crippen LogP contribution < -0.4 is 15.5 Å². The molecule has 2 aromatic rings. The minimum atomic E-state index is -0.580. The monoisotopic (exact) mass is 501 g/mol. The van der Waals surface area contributed by atoms with Crippen LogP contribution in [0.1, 0.15) is 52.0 Å². The van der Waals surface area contributed by atoms with Gasteiger partial charge < -0.3 is 25.4 Å². The highest BCUT2D eigenvalue weighted by Crippen LogP contribution is 2.37. The van der Waals surface area contributed by atoms with Crippen LogP contribution in [-0.4, -0.2) is 48.4 Å². The molecule has 0 aliphatic heterocycles. The number of carbonyl (C=O) groups excluding carboxylic acids is 2. The standard InChI is InChI=1S/C27H36ClN3O4/c1-26(2,3)35-25(34)30-27(20-9-5-4-6-10-20)15-13-21(14-16-27)29-19-24(33)31(17-18-32)23-12-8-7-11-22(23)28/h4-12,21,29,32H,13-19H2,1-3H3,(H,30,34). The molecule has 7 nitrogen and oxygen atoms in total. The van der Waals surface area contributed by atoms with Gasteiger partial charge >= 0.3 is 6.09 Å². The predicted octanol–water partition coefficient (Wildman–Crippen LogP) is 4.62. The van der Waals surface area contributed by atoms with Crippen LogP contribution in [0.4, 0.5) is 10.5 Å². The number of carbonyl (C=O) groups is 2. The molecule has 0 atom stereocenters. The maximum Gasteiger partial charge on any atom is 0.408 e. The summed E-state index contributed by atoms with van der Waals surface area (Å²) in [6.07, 6.45) is 2.57. The van der Waals surface area contributed by atoms with Crippen LogP contribution in [0.25, 0.3) is 0 Å². The Labute approximate surface area is 212 Å². The van der Waals surface area contributed by atoms with Crippen LogP contribution in [0.3, 0.4) is 0 Å². The maximum absolute atomic E-state index is 13.0. The molecular weight excluding hydrogens is 466 g/mol. The fraction of sp³-hybridized carbons (Fsp3) is 0.481. The molecule has 0 saturated heterocycles. The van der Waals surface area contributed by atoms with Crippen molar-refractivity contribution < 1.29 is 19.4 Å². The summed E-state index contributed by atoms with van der Waals surface area (Å²) < 4.78 is 5.55. The molecule has 0 spiro atoms. The summed E-state index contributed by atoms with van der Waals surface area (Å²) in [5.74, 6) is -0.154. The molecule has 0 bridgehead atoms. The van der Waals surface area contributed by atoms with Crippen molar-refractivity contribution in [3.8, 4) is 0 Å². The molecule has 1 fully saturated rings. The third kappa shape index (κ3) is 7.43. The van der Waals surface area contributed by atoms with Crippen molar-refractivity contribution in [3.63, 3.8) is 0 Å². The maximum atomic E-state index is 13.0. The largest absolute Gasteiger partial charge is 0.444 e. The number of ether oxygens (including phenoxy) is 1. The van der Waals surface area contributed by atoms with Crippen molar-refractivity contribution in [2.24, 2.45) is 0 Å². The summed E-state index contributed by atoms with van der Waals surface area (Å²) in [4.78, 5) is 27.2. The SMILES string of the molecule is CC(C)(C)OC(=O)NC1(c2ccccc2)CCC(NCC(=O)N(CCO)c2ccccc2Cl)CC1. The van der Waals surface area contributed by atoms with Crippen LogP contribution in [0.2, 0.25) is 5.02 Å². The highest BCUT2D eigenvalue weighted by Gasteiger charge is 2.39. The van der Waals surface area contributed by atoms with E-state index in [9.17, 15) is 14.7 Å². The number of halogens is 1. The lowest BCUT2D eigenvalue weighted by Crippen LogP contribution is -2.52. The molecule has 35 heavy (non-hydrogen) atoms. The Bertz CT molecular complexity index is 985. The second-order valence-electron chi connectivity index (χ2n) is 9.95. The zero-order valence-corrected chi connectivity index (χ0v) is 21.5. The molecule has 8 heteroatoms. The number of hydrogen-bond donors (Lipinski definition) is 3. The van der Waals surface area contributed by atoms with Gasteiger partial charge in [0.25, 0.3) is 0 Å². The van der Waals surface area contributed by atoms with Gasteiger partial charge in [0, 0.05) is 12.6 Å². The number of alkyl carbamates (subject to hydrolysis) is 1. The zero-order valence-electron chi connectivity index (χ0n) is 20.7. The number of anilines is 1. The lowest BCUT2D eigenvalue weighted by atomic mass is 9.75. The lowest BCUT2D eigenvalue weighted by Gasteiger charge is -2.41. The van der Waals surface area contributed by atoms with Gasteiger partial charge in [0.15, 0.2) is 0 Å². The Morgan fingerprint density at radius 3 is 2.31 bits per heavy atom. The van der Waals surface area contributed by atoms with Crippen LogP contribution >= 0.6 is 11.6 Å². The summed E-state index contributed by atoms with van der Waals surface area (Å²) in [6.45, 7) is 5.70. The smallest absolute Gasteiger partial charge is 0.408 e. The number of amides is 2. The van der Waals surface area contributed by atoms with Gasteiger partial charge in [-0.1, -0.05) is 54.1 Å². The van der Waals surface area contributed by atoms with Gasteiger partial charge in [-0.2, -0.15) is 0 Å². The first-order valence-corrected chi connectivity index (χ1v) is 12.5. The van der Waals surface area contributed by atoms with Gasteiger partial charge in [-0.3, -0.25) is 4.79 Å². The highest BCUT2D eigenvalue weighted by atomic mass is 35.5. The Balaban J connectivity index is 1.64. The van der Waals surface area contributed by atoms with Crippen molar-refractivity contribution in [1.29, 1.82) is 0 Å². The van der Waals surface area contributed by atoms with E-state index in [0.29, 0.717) is 23.6 Å². The first-order valence-electron chi connectivity index (χ1n) is 12.1. The summed E-state index contributed by atoms with van der Waals surface area (Å²) >= 11 is 6.28. The fourth-order valence-corrected chi connectivity index (χ4v) is 4.77. The molecule has 190 valence electrons. The van der Waals surface area contributed by atoms with Crippen molar-refractivity contribution >= 4 is 29.3 Å². The molecule has 0 unspecified atom stereocenters. The van der Waals surface area contributed by atoms with E-state index in [1.807, 2.05) is 57.2 Å². The van der Waals surface area contributed by atoms with E-state index in [1.54, 1.807) is 18.2 Å². The quantitative estimate of drug-likeness (QED) is 0.491. The fourth-order valence-electron chi connectivity index (χ4n) is 4.53. The third-order valence-electron chi connectivity index (χ3n) is 6.22. The summed E-state index contributed by atoms with van der Waals surface area (Å²) in [6, 6.07) is 17.2. The molecule has 1 aliphatic carbocycles. The first-order chi connectivity index (χ1) is 16.6. The van der Waals surface area contributed by atoms with Crippen molar-refractivity contribution in [1.82, 2.24) is 10.6 Å². The number of benzene rings is 2. The summed E-state index contributed by atoms with van der Waals surface area (Å²) in [7, 11) is 0. The normalized spacial score (nSPS) is 20.2. The third-order valence-corrected chi connectivity index (χ3v) is 6.54. The van der Waals surface area contributed by atoms with E-state index in [-0.39, 0.29) is 31.6 Å². The molecule has 2 amide bonds. The van der Waals surface area contributed by atoms with E-state index in [0.717, 1.165) is 18.4 Å². The number of aliphatic hydroxyl groups excluding tert-OH is 1. The van der Waals surface area contributed by atoms with Crippen molar-refractivity contribution in [2.75, 3.05) is 24.6 Å². The second-order valence-corrected chi connectivity index (χ2v) is 10.4. The van der Waals surface area contributed by atoms with Crippen LogP contribution in [0, 0.1) is 0 Å². The summed E-state index contributed by atoms with van der Waals surface area (Å²) in [5, 5.41) is 16.4. The molecule has 0 aromatic heterocycles. The molecule has 2 aromatic carbocycles. The van der Waals surface area contributed by atoms with E-state index in [2.05, 4.69) is 10.6 Å². The molecular formula is C27H36ClN3O4. The van der Waals surface area contributed by atoms with Crippen molar-refractivity contribution in [3.05, 3.63) is 65.2 Å². The number of nitrogens with zero attached hydrogens (tertiary/aromatic N) is 1. The number of aliphatic hydroxyl groups is 1. The van der Waals surface area contributed by atoms with E-state index in [1.165, 1.54) is 4.90 Å². The van der Waals surface area contributed by atoms with Crippen molar-refractivity contribution in [2.45, 2.75) is 63.6 Å². The second kappa shape index (κ2) is 11.9. The topological polar surface area (TPSA) is 90.9 Å². The van der Waals surface area contributed by atoms with Crippen LogP contribution in [0.15, 0.2) is 54.6 Å². The predicted molar refractivity (Wildman–Crippen MR) is 139 cm³/mol. The molecule has 3 rings (SSSR count). The van der Waals surface area contributed by atoms with Gasteiger partial charge in [-0.15, -0.1) is 0 Å². The molecule has 3 N–H and O–H groups in total. The Hall–Kier alpha value is -2.61. The van der Waals surface area contributed by atoms with E-state index >= 15 is 0 Å². The Morgan fingerprint density at radius 1 is 1.09 bits per heavy atom. The molecule has 1 aliphatic rings. The van der Waals surface area contributed by atoms with Gasteiger partial charge in [0.05, 0.1) is 29.4 Å². The average molecular weight is 502 g/mol. The zero-order chi connectivity index (χ0) is 25.5. The minimum absolute atomic E-state index is 0.124. The number of nitrogens with one attached hydrogen (secondary N) is 2. The van der Waals surface area contributed by atoms with Gasteiger partial charge in [0.2, 0.25) is 5.91 Å². The van der Waals surface area contributed by atoms with Gasteiger partial charge in [-0.25, -0.2) is 4.79 Å². The Morgan fingerprint density at radius 2 is 1.71 bits per heavy atom. The molecule has 1 saturated carbocycles. The van der Waals surface area contributed by atoms with Crippen LogP contribution in [-0.2, 0) is 15.1 Å². The van der Waals surface area contributed by atoms with Crippen LogP contribution in [0.5, 0.6) is 0 Å². The highest BCUT2D eigenvalue weighted by molar-refractivity contribution is 6.33. The summed E-state index contributed by atoms with van der Waals surface area (Å²) in [5.41, 5.74) is 0.534. The first kappa shape index (κ1) is 27.0. The molecule has 0 heterocycles.